The summed E-state index contributed by atoms with van der Waals surface area (Å²) >= 11 is 0. The van der Waals surface area contributed by atoms with Crippen LogP contribution >= 0.6 is 0 Å². The van der Waals surface area contributed by atoms with Gasteiger partial charge >= 0.3 is 0 Å². The molecule has 1 atom stereocenters. The van der Waals surface area contributed by atoms with E-state index in [1.54, 1.807) is 12.5 Å². The Hall–Kier alpha value is -2.87. The second-order valence-electron chi connectivity index (χ2n) is 6.84. The Kier molecular flexibility index (Phi) is 4.81. The second-order valence-corrected chi connectivity index (χ2v) is 6.84. The maximum absolute atomic E-state index is 12.6. The number of amides is 1. The number of ether oxygens (including phenoxy) is 1. The van der Waals surface area contributed by atoms with Crippen LogP contribution in [0.4, 0.5) is 5.95 Å². The third kappa shape index (κ3) is 3.52. The predicted octanol–water partition coefficient (Wildman–Crippen LogP) is 1.60. The van der Waals surface area contributed by atoms with Crippen molar-refractivity contribution in [2.75, 3.05) is 37.7 Å². The fourth-order valence-corrected chi connectivity index (χ4v) is 3.35. The van der Waals surface area contributed by atoms with Crippen LogP contribution in [0.15, 0.2) is 36.9 Å². The van der Waals surface area contributed by atoms with Crippen molar-refractivity contribution < 1.29 is 9.53 Å². The zero-order valence-electron chi connectivity index (χ0n) is 15.6. The molecule has 8 nitrogen and oxygen atoms in total. The van der Waals surface area contributed by atoms with Gasteiger partial charge in [0.1, 0.15) is 0 Å². The number of anilines is 1. The molecule has 142 valence electrons. The van der Waals surface area contributed by atoms with E-state index >= 15 is 0 Å². The highest BCUT2D eigenvalue weighted by Crippen LogP contribution is 2.23. The van der Waals surface area contributed by atoms with Crippen molar-refractivity contribution in [3.63, 3.8) is 0 Å². The minimum atomic E-state index is -0.0950. The first kappa shape index (κ1) is 17.5. The molecule has 1 aromatic carbocycles. The molecule has 0 spiro atoms. The molecule has 1 fully saturated rings. The highest BCUT2D eigenvalue weighted by molar-refractivity contribution is 5.97. The Balaban J connectivity index is 1.49. The van der Waals surface area contributed by atoms with E-state index in [0.29, 0.717) is 25.3 Å². The average Bonchev–Trinajstić information content (AvgIpc) is 3.35. The van der Waals surface area contributed by atoms with Gasteiger partial charge in [-0.1, -0.05) is 0 Å². The van der Waals surface area contributed by atoms with Crippen molar-refractivity contribution in [2.45, 2.75) is 13.0 Å². The summed E-state index contributed by atoms with van der Waals surface area (Å²) in [5.41, 5.74) is 2.46. The Bertz CT molecular complexity index is 927. The monoisotopic (exact) mass is 368 g/mol. The third-order valence-electron chi connectivity index (χ3n) is 5.01. The SMILES string of the molecule is C[C@H](CNC(=O)c1ccc2c(c1)nc(N1CCOCC1)n2C)n1ccnc1. The van der Waals surface area contributed by atoms with E-state index in [2.05, 4.69) is 19.8 Å². The van der Waals surface area contributed by atoms with Gasteiger partial charge in [-0.05, 0) is 25.1 Å². The number of nitrogens with zero attached hydrogens (tertiary/aromatic N) is 5. The normalized spacial score (nSPS) is 15.9. The van der Waals surface area contributed by atoms with Crippen LogP contribution in [-0.2, 0) is 11.8 Å². The number of hydrogen-bond donors (Lipinski definition) is 1. The molecule has 1 aliphatic rings. The number of fused-ring (bicyclic) bond motifs is 1. The van der Waals surface area contributed by atoms with Gasteiger partial charge < -0.3 is 24.1 Å². The lowest BCUT2D eigenvalue weighted by Gasteiger charge is -2.27. The molecule has 3 aromatic rings. The lowest BCUT2D eigenvalue weighted by molar-refractivity contribution is 0.0948. The van der Waals surface area contributed by atoms with Crippen LogP contribution in [-0.4, -0.2) is 57.9 Å². The second kappa shape index (κ2) is 7.40. The van der Waals surface area contributed by atoms with Gasteiger partial charge in [0.2, 0.25) is 5.95 Å². The van der Waals surface area contributed by atoms with Gasteiger partial charge in [-0.25, -0.2) is 9.97 Å². The third-order valence-corrected chi connectivity index (χ3v) is 5.01. The summed E-state index contributed by atoms with van der Waals surface area (Å²) in [5, 5.41) is 2.99. The van der Waals surface area contributed by atoms with Gasteiger partial charge in [-0.15, -0.1) is 0 Å². The molecule has 0 aliphatic carbocycles. The predicted molar refractivity (Wildman–Crippen MR) is 103 cm³/mol. The number of imidazole rings is 2. The molecule has 0 bridgehead atoms. The van der Waals surface area contributed by atoms with E-state index in [9.17, 15) is 4.79 Å². The number of carbonyl (C=O) groups is 1. The molecule has 2 aromatic heterocycles. The van der Waals surface area contributed by atoms with Crippen LogP contribution in [0.2, 0.25) is 0 Å². The van der Waals surface area contributed by atoms with E-state index in [4.69, 9.17) is 9.72 Å². The van der Waals surface area contributed by atoms with Gasteiger partial charge in [-0.2, -0.15) is 0 Å². The van der Waals surface area contributed by atoms with Gasteiger partial charge in [0.15, 0.2) is 0 Å². The summed E-state index contributed by atoms with van der Waals surface area (Å²) in [5.74, 6) is 0.821. The molecule has 8 heteroatoms. The molecule has 1 amide bonds. The quantitative estimate of drug-likeness (QED) is 0.740. The average molecular weight is 368 g/mol. The number of aryl methyl sites for hydroxylation is 1. The fourth-order valence-electron chi connectivity index (χ4n) is 3.35. The van der Waals surface area contributed by atoms with E-state index in [0.717, 1.165) is 30.1 Å². The molecule has 1 saturated heterocycles. The van der Waals surface area contributed by atoms with Gasteiger partial charge in [0.05, 0.1) is 30.6 Å². The molecular weight excluding hydrogens is 344 g/mol. The fraction of sp³-hybridized carbons (Fsp3) is 0.421. The smallest absolute Gasteiger partial charge is 0.251 e. The zero-order chi connectivity index (χ0) is 18.8. The van der Waals surface area contributed by atoms with Crippen LogP contribution in [0.1, 0.15) is 23.3 Å². The number of benzene rings is 1. The van der Waals surface area contributed by atoms with Crippen LogP contribution in [0.25, 0.3) is 11.0 Å². The molecule has 0 radical (unpaired) electrons. The Labute approximate surface area is 157 Å². The highest BCUT2D eigenvalue weighted by Gasteiger charge is 2.18. The van der Waals surface area contributed by atoms with Gasteiger partial charge in [0.25, 0.3) is 5.91 Å². The molecule has 1 N–H and O–H groups in total. The van der Waals surface area contributed by atoms with Crippen LogP contribution < -0.4 is 10.2 Å². The topological polar surface area (TPSA) is 77.2 Å². The number of nitrogens with one attached hydrogen (secondary N) is 1. The van der Waals surface area contributed by atoms with E-state index in [1.165, 1.54) is 0 Å². The van der Waals surface area contributed by atoms with Crippen molar-refractivity contribution >= 4 is 22.9 Å². The first-order valence-corrected chi connectivity index (χ1v) is 9.18. The summed E-state index contributed by atoms with van der Waals surface area (Å²) in [6, 6.07) is 5.81. The van der Waals surface area contributed by atoms with Crippen LogP contribution in [0, 0.1) is 0 Å². The molecule has 4 rings (SSSR count). The highest BCUT2D eigenvalue weighted by atomic mass is 16.5. The molecule has 27 heavy (non-hydrogen) atoms. The summed E-state index contributed by atoms with van der Waals surface area (Å²) in [6.45, 7) is 5.66. The lowest BCUT2D eigenvalue weighted by atomic mass is 10.2. The van der Waals surface area contributed by atoms with E-state index in [1.807, 2.05) is 42.9 Å². The minimum Gasteiger partial charge on any atom is -0.378 e. The first-order chi connectivity index (χ1) is 13.1. The van der Waals surface area contributed by atoms with Crippen molar-refractivity contribution in [1.29, 1.82) is 0 Å². The Morgan fingerprint density at radius 3 is 2.89 bits per heavy atom. The number of rotatable bonds is 5. The largest absolute Gasteiger partial charge is 0.378 e. The number of morpholine rings is 1. The first-order valence-electron chi connectivity index (χ1n) is 9.18. The van der Waals surface area contributed by atoms with Crippen molar-refractivity contribution in [1.82, 2.24) is 24.4 Å². The zero-order valence-corrected chi connectivity index (χ0v) is 15.6. The molecule has 1 aliphatic heterocycles. The molecule has 0 saturated carbocycles. The Morgan fingerprint density at radius 2 is 2.15 bits per heavy atom. The lowest BCUT2D eigenvalue weighted by Crippen LogP contribution is -2.37. The Morgan fingerprint density at radius 1 is 1.33 bits per heavy atom. The van der Waals surface area contributed by atoms with Crippen LogP contribution in [0.5, 0.6) is 0 Å². The number of aromatic nitrogens is 4. The summed E-state index contributed by atoms with van der Waals surface area (Å²) in [7, 11) is 2.01. The van der Waals surface area contributed by atoms with Gasteiger partial charge in [0, 0.05) is 50.7 Å². The summed E-state index contributed by atoms with van der Waals surface area (Å²) in [4.78, 5) is 23.6. The minimum absolute atomic E-state index is 0.0950. The summed E-state index contributed by atoms with van der Waals surface area (Å²) < 4.78 is 9.46. The number of carbonyl (C=O) groups excluding carboxylic acids is 1. The van der Waals surface area contributed by atoms with E-state index in [-0.39, 0.29) is 11.9 Å². The molecule has 3 heterocycles. The maximum atomic E-state index is 12.6. The summed E-state index contributed by atoms with van der Waals surface area (Å²) in [6.07, 6.45) is 5.38. The van der Waals surface area contributed by atoms with Gasteiger partial charge in [-0.3, -0.25) is 4.79 Å². The number of hydrogen-bond acceptors (Lipinski definition) is 5. The van der Waals surface area contributed by atoms with Crippen LogP contribution in [0.3, 0.4) is 0 Å². The van der Waals surface area contributed by atoms with Crippen molar-refractivity contribution in [2.24, 2.45) is 7.05 Å². The molecular formula is C19H24N6O2. The van der Waals surface area contributed by atoms with Crippen molar-refractivity contribution in [3.05, 3.63) is 42.5 Å². The maximum Gasteiger partial charge on any atom is 0.251 e. The molecule has 0 unspecified atom stereocenters. The van der Waals surface area contributed by atoms with Crippen molar-refractivity contribution in [3.8, 4) is 0 Å². The van der Waals surface area contributed by atoms with E-state index < -0.39 is 0 Å². The standard InChI is InChI=1S/C19H24N6O2/c1-14(25-6-5-20-13-25)12-21-18(26)15-3-4-17-16(11-15)22-19(23(17)2)24-7-9-27-10-8-24/h3-6,11,13-14H,7-10,12H2,1-2H3,(H,21,26)/t14-/m1/s1.